The van der Waals surface area contributed by atoms with Crippen molar-refractivity contribution >= 4 is 5.91 Å². The van der Waals surface area contributed by atoms with Gasteiger partial charge in [0.25, 0.3) is 0 Å². The molecule has 2 rings (SSSR count). The molecule has 1 fully saturated rings. The van der Waals surface area contributed by atoms with Gasteiger partial charge in [-0.1, -0.05) is 12.1 Å². The molecule has 1 heterocycles. The van der Waals surface area contributed by atoms with E-state index in [0.717, 1.165) is 31.5 Å². The topological polar surface area (TPSA) is 49.6 Å². The Morgan fingerprint density at radius 1 is 1.40 bits per heavy atom. The van der Waals surface area contributed by atoms with Crippen LogP contribution in [0.15, 0.2) is 18.2 Å². The van der Waals surface area contributed by atoms with Gasteiger partial charge in [0.15, 0.2) is 0 Å². The molecule has 1 saturated heterocycles. The molecule has 1 aliphatic heterocycles. The number of nitrogens with zero attached hydrogens (tertiary/aromatic N) is 2. The summed E-state index contributed by atoms with van der Waals surface area (Å²) in [5.41, 5.74) is 6.85. The zero-order chi connectivity index (χ0) is 14.5. The molecule has 1 aromatic carbocycles. The number of likely N-dealkylation sites (N-methyl/N-ethyl adjacent to an activating group) is 1. The molecule has 20 heavy (non-hydrogen) atoms. The molecule has 0 spiro atoms. The van der Waals surface area contributed by atoms with Crippen LogP contribution in [0.1, 0.15) is 24.0 Å². The maximum atomic E-state index is 13.9. The number of amides is 1. The van der Waals surface area contributed by atoms with Gasteiger partial charge >= 0.3 is 0 Å². The fourth-order valence-corrected chi connectivity index (χ4v) is 2.49. The van der Waals surface area contributed by atoms with Gasteiger partial charge in [-0.3, -0.25) is 9.69 Å². The van der Waals surface area contributed by atoms with Crippen molar-refractivity contribution in [2.24, 2.45) is 5.73 Å². The first-order chi connectivity index (χ1) is 9.60. The standard InChI is InChI=1S/C15H22FN3O/c1-18(11-15(20)19-6-2-3-7-19)10-13-5-4-12(9-17)8-14(13)16/h4-5,8H,2-3,6-7,9-11,17H2,1H3. The molecule has 5 heteroatoms. The molecule has 0 aliphatic carbocycles. The van der Waals surface area contributed by atoms with Crippen LogP contribution in [0.5, 0.6) is 0 Å². The van der Waals surface area contributed by atoms with Crippen LogP contribution in [-0.2, 0) is 17.9 Å². The third-order valence-corrected chi connectivity index (χ3v) is 3.66. The van der Waals surface area contributed by atoms with E-state index in [0.29, 0.717) is 25.2 Å². The molecule has 0 saturated carbocycles. The number of carbonyl (C=O) groups is 1. The Kier molecular flexibility index (Phi) is 5.09. The van der Waals surface area contributed by atoms with Crippen molar-refractivity contribution in [1.29, 1.82) is 0 Å². The van der Waals surface area contributed by atoms with Crippen molar-refractivity contribution in [3.05, 3.63) is 35.1 Å². The van der Waals surface area contributed by atoms with E-state index < -0.39 is 0 Å². The van der Waals surface area contributed by atoms with Crippen molar-refractivity contribution in [3.63, 3.8) is 0 Å². The van der Waals surface area contributed by atoms with Crippen LogP contribution < -0.4 is 5.73 Å². The summed E-state index contributed by atoms with van der Waals surface area (Å²) in [5, 5.41) is 0. The molecule has 0 radical (unpaired) electrons. The second-order valence-electron chi connectivity index (χ2n) is 5.39. The van der Waals surface area contributed by atoms with E-state index in [1.807, 2.05) is 22.9 Å². The monoisotopic (exact) mass is 279 g/mol. The minimum absolute atomic E-state index is 0.129. The lowest BCUT2D eigenvalue weighted by Gasteiger charge is -2.21. The summed E-state index contributed by atoms with van der Waals surface area (Å²) in [7, 11) is 1.84. The van der Waals surface area contributed by atoms with Gasteiger partial charge in [0.05, 0.1) is 6.54 Å². The molecule has 1 aromatic rings. The van der Waals surface area contributed by atoms with Crippen molar-refractivity contribution in [3.8, 4) is 0 Å². The SMILES string of the molecule is CN(CC(=O)N1CCCC1)Cc1ccc(CN)cc1F. The van der Waals surface area contributed by atoms with Gasteiger partial charge in [-0.25, -0.2) is 4.39 Å². The molecular formula is C15H22FN3O. The van der Waals surface area contributed by atoms with Gasteiger partial charge in [-0.15, -0.1) is 0 Å². The summed E-state index contributed by atoms with van der Waals surface area (Å²) in [4.78, 5) is 15.7. The lowest BCUT2D eigenvalue weighted by Crippen LogP contribution is -2.37. The number of rotatable bonds is 5. The number of carbonyl (C=O) groups excluding carboxylic acids is 1. The predicted molar refractivity (Wildman–Crippen MR) is 76.4 cm³/mol. The van der Waals surface area contributed by atoms with Crippen LogP contribution in [0.3, 0.4) is 0 Å². The van der Waals surface area contributed by atoms with Crippen LogP contribution in [0.4, 0.5) is 4.39 Å². The maximum Gasteiger partial charge on any atom is 0.236 e. The molecule has 2 N–H and O–H groups in total. The third-order valence-electron chi connectivity index (χ3n) is 3.66. The summed E-state index contributed by atoms with van der Waals surface area (Å²) >= 11 is 0. The summed E-state index contributed by atoms with van der Waals surface area (Å²) in [6.07, 6.45) is 2.18. The molecule has 110 valence electrons. The molecule has 0 bridgehead atoms. The Morgan fingerprint density at radius 2 is 2.10 bits per heavy atom. The molecule has 0 aromatic heterocycles. The fourth-order valence-electron chi connectivity index (χ4n) is 2.49. The van der Waals surface area contributed by atoms with Crippen LogP contribution in [-0.4, -0.2) is 42.4 Å². The first kappa shape index (κ1) is 14.9. The molecule has 0 unspecified atom stereocenters. The second-order valence-corrected chi connectivity index (χ2v) is 5.39. The average molecular weight is 279 g/mol. The normalized spacial score (nSPS) is 15.1. The zero-order valence-electron chi connectivity index (χ0n) is 11.9. The maximum absolute atomic E-state index is 13.9. The molecule has 0 atom stereocenters. The highest BCUT2D eigenvalue weighted by atomic mass is 19.1. The average Bonchev–Trinajstić information content (AvgIpc) is 2.95. The van der Waals surface area contributed by atoms with E-state index in [9.17, 15) is 9.18 Å². The van der Waals surface area contributed by atoms with Crippen molar-refractivity contribution in [2.75, 3.05) is 26.7 Å². The van der Waals surface area contributed by atoms with Gasteiger partial charge in [0.1, 0.15) is 5.82 Å². The van der Waals surface area contributed by atoms with Gasteiger partial charge < -0.3 is 10.6 Å². The number of halogens is 1. The Hall–Kier alpha value is -1.46. The Labute approximate surface area is 119 Å². The number of likely N-dealkylation sites (tertiary alicyclic amines) is 1. The summed E-state index contributed by atoms with van der Waals surface area (Å²) in [6, 6.07) is 5.04. The van der Waals surface area contributed by atoms with Crippen molar-refractivity contribution < 1.29 is 9.18 Å². The summed E-state index contributed by atoms with van der Waals surface area (Å²) in [5.74, 6) is -0.127. The van der Waals surface area contributed by atoms with E-state index in [-0.39, 0.29) is 11.7 Å². The highest BCUT2D eigenvalue weighted by Gasteiger charge is 2.19. The van der Waals surface area contributed by atoms with Gasteiger partial charge in [-0.2, -0.15) is 0 Å². The molecule has 1 amide bonds. The molecule has 4 nitrogen and oxygen atoms in total. The third kappa shape index (κ3) is 3.77. The van der Waals surface area contributed by atoms with Gasteiger partial charge in [-0.05, 0) is 31.5 Å². The quantitative estimate of drug-likeness (QED) is 0.885. The Bertz CT molecular complexity index is 472. The predicted octanol–water partition coefficient (Wildman–Crippen LogP) is 1.34. The van der Waals surface area contributed by atoms with Crippen LogP contribution >= 0.6 is 0 Å². The van der Waals surface area contributed by atoms with E-state index in [1.54, 1.807) is 6.07 Å². The second kappa shape index (κ2) is 6.81. The lowest BCUT2D eigenvalue weighted by atomic mass is 10.1. The smallest absolute Gasteiger partial charge is 0.236 e. The lowest BCUT2D eigenvalue weighted by molar-refractivity contribution is -0.131. The van der Waals surface area contributed by atoms with Crippen molar-refractivity contribution in [1.82, 2.24) is 9.80 Å². The minimum Gasteiger partial charge on any atom is -0.342 e. The van der Waals surface area contributed by atoms with E-state index in [4.69, 9.17) is 5.73 Å². The van der Waals surface area contributed by atoms with Crippen LogP contribution in [0, 0.1) is 5.82 Å². The van der Waals surface area contributed by atoms with E-state index in [2.05, 4.69) is 0 Å². The Morgan fingerprint density at radius 3 is 2.70 bits per heavy atom. The molecule has 1 aliphatic rings. The highest BCUT2D eigenvalue weighted by molar-refractivity contribution is 5.78. The van der Waals surface area contributed by atoms with E-state index >= 15 is 0 Å². The van der Waals surface area contributed by atoms with Gasteiger partial charge in [0, 0.05) is 31.7 Å². The van der Waals surface area contributed by atoms with Gasteiger partial charge in [0.2, 0.25) is 5.91 Å². The highest BCUT2D eigenvalue weighted by Crippen LogP contribution is 2.13. The summed E-state index contributed by atoms with van der Waals surface area (Å²) < 4.78 is 13.9. The molecular weight excluding hydrogens is 257 g/mol. The number of nitrogens with two attached hydrogens (primary N) is 1. The summed E-state index contributed by atoms with van der Waals surface area (Å²) in [6.45, 7) is 2.80. The van der Waals surface area contributed by atoms with Crippen LogP contribution in [0.2, 0.25) is 0 Å². The Balaban J connectivity index is 1.90. The van der Waals surface area contributed by atoms with Crippen molar-refractivity contribution in [2.45, 2.75) is 25.9 Å². The fraction of sp³-hybridized carbons (Fsp3) is 0.533. The first-order valence-electron chi connectivity index (χ1n) is 7.04. The van der Waals surface area contributed by atoms with E-state index in [1.165, 1.54) is 6.07 Å². The number of hydrogen-bond donors (Lipinski definition) is 1. The first-order valence-corrected chi connectivity index (χ1v) is 7.04. The largest absolute Gasteiger partial charge is 0.342 e. The zero-order valence-corrected chi connectivity index (χ0v) is 11.9. The number of hydrogen-bond acceptors (Lipinski definition) is 3. The number of benzene rings is 1. The van der Waals surface area contributed by atoms with Crippen LogP contribution in [0.25, 0.3) is 0 Å². The minimum atomic E-state index is -0.256.